The van der Waals surface area contributed by atoms with Gasteiger partial charge in [-0.2, -0.15) is 5.10 Å². The predicted octanol–water partition coefficient (Wildman–Crippen LogP) is 4.61. The van der Waals surface area contributed by atoms with Crippen molar-refractivity contribution in [3.8, 4) is 0 Å². The fourth-order valence-electron chi connectivity index (χ4n) is 4.29. The van der Waals surface area contributed by atoms with Gasteiger partial charge in [0.15, 0.2) is 0 Å². The Morgan fingerprint density at radius 1 is 1.00 bits per heavy atom. The summed E-state index contributed by atoms with van der Waals surface area (Å²) in [5.74, 6) is 1.06. The quantitative estimate of drug-likeness (QED) is 0.388. The Morgan fingerprint density at radius 3 is 2.22 bits per heavy atom. The highest BCUT2D eigenvalue weighted by Crippen LogP contribution is 2.22. The van der Waals surface area contributed by atoms with Gasteiger partial charge in [0.2, 0.25) is 0 Å². The fraction of sp³-hybridized carbons (Fsp3) is 0.448. The van der Waals surface area contributed by atoms with E-state index in [0.717, 1.165) is 68.1 Å². The Bertz CT molecular complexity index is 1120. The molecule has 7 nitrogen and oxygen atoms in total. The number of carbonyl (C=O) groups excluding carboxylic acids is 1. The molecule has 2 aromatic carbocycles. The molecule has 0 spiro atoms. The smallest absolute Gasteiger partial charge is 0.150 e. The summed E-state index contributed by atoms with van der Waals surface area (Å²) in [5, 5.41) is 7.96. The van der Waals surface area contributed by atoms with Gasteiger partial charge in [-0.3, -0.25) is 4.79 Å². The van der Waals surface area contributed by atoms with Crippen LogP contribution in [-0.2, 0) is 18.4 Å². The number of hydrogen-bond donors (Lipinski definition) is 2. The first-order valence-corrected chi connectivity index (χ1v) is 12.7. The number of rotatable bonds is 6. The Labute approximate surface area is 216 Å². The molecule has 0 atom stereocenters. The first kappa shape index (κ1) is 27.3. The normalized spacial score (nSPS) is 14.2. The third-order valence-electron chi connectivity index (χ3n) is 6.57. The lowest BCUT2D eigenvalue weighted by Crippen LogP contribution is -2.44. The van der Waals surface area contributed by atoms with E-state index in [9.17, 15) is 4.79 Å². The second-order valence-electron chi connectivity index (χ2n) is 10.5. The summed E-state index contributed by atoms with van der Waals surface area (Å²) >= 11 is 0. The largest absolute Gasteiger partial charge is 0.399 e. The van der Waals surface area contributed by atoms with E-state index in [-0.39, 0.29) is 5.54 Å². The van der Waals surface area contributed by atoms with Crippen LogP contribution in [0.5, 0.6) is 0 Å². The monoisotopic (exact) mass is 490 g/mol. The molecule has 36 heavy (non-hydrogen) atoms. The number of piperazine rings is 1. The van der Waals surface area contributed by atoms with Gasteiger partial charge in [-0.25, -0.2) is 4.68 Å². The molecule has 3 N–H and O–H groups in total. The molecule has 0 saturated carbocycles. The number of benzene rings is 2. The molecule has 0 aliphatic carbocycles. The molecule has 3 aromatic rings. The maximum absolute atomic E-state index is 10.5. The van der Waals surface area contributed by atoms with Crippen molar-refractivity contribution in [3.63, 3.8) is 0 Å². The Kier molecular flexibility index (Phi) is 9.15. The first-order valence-electron chi connectivity index (χ1n) is 12.7. The minimum Gasteiger partial charge on any atom is -0.399 e. The molecular weight excluding hydrogens is 448 g/mol. The van der Waals surface area contributed by atoms with Gasteiger partial charge in [0, 0.05) is 56.2 Å². The number of anilines is 3. The Morgan fingerprint density at radius 2 is 1.67 bits per heavy atom. The van der Waals surface area contributed by atoms with Crippen LogP contribution >= 0.6 is 0 Å². The predicted molar refractivity (Wildman–Crippen MR) is 151 cm³/mol. The molecule has 0 radical (unpaired) electrons. The molecule has 1 fully saturated rings. The topological polar surface area (TPSA) is 79.4 Å². The third-order valence-corrected chi connectivity index (χ3v) is 6.57. The van der Waals surface area contributed by atoms with E-state index < -0.39 is 0 Å². The van der Waals surface area contributed by atoms with E-state index in [1.54, 1.807) is 0 Å². The summed E-state index contributed by atoms with van der Waals surface area (Å²) in [7, 11) is 4.08. The van der Waals surface area contributed by atoms with Gasteiger partial charge in [-0.15, -0.1) is 0 Å². The minimum absolute atomic E-state index is 0.0241. The van der Waals surface area contributed by atoms with Crippen LogP contribution in [0.25, 0.3) is 0 Å². The number of aromatic nitrogens is 2. The van der Waals surface area contributed by atoms with Crippen LogP contribution in [0.1, 0.15) is 48.0 Å². The van der Waals surface area contributed by atoms with Crippen molar-refractivity contribution in [2.75, 3.05) is 56.2 Å². The zero-order chi connectivity index (χ0) is 26.3. The minimum atomic E-state index is -0.0241. The van der Waals surface area contributed by atoms with Crippen LogP contribution in [0.4, 0.5) is 17.2 Å². The molecule has 1 aliphatic heterocycles. The van der Waals surface area contributed by atoms with Gasteiger partial charge in [-0.1, -0.05) is 6.07 Å². The van der Waals surface area contributed by atoms with E-state index in [1.807, 2.05) is 37.4 Å². The van der Waals surface area contributed by atoms with Gasteiger partial charge in [-0.05, 0) is 95.1 Å². The van der Waals surface area contributed by atoms with E-state index >= 15 is 0 Å². The first-order chi connectivity index (χ1) is 17.1. The van der Waals surface area contributed by atoms with Crippen LogP contribution in [0, 0.1) is 6.92 Å². The molecule has 1 aliphatic rings. The number of carbonyl (C=O) groups is 1. The molecule has 0 amide bonds. The lowest BCUT2D eigenvalue weighted by Gasteiger charge is -2.34. The number of nitrogens with two attached hydrogens (primary N) is 1. The number of likely N-dealkylation sites (N-methyl/N-ethyl adjacent to an activating group) is 1. The van der Waals surface area contributed by atoms with Crippen molar-refractivity contribution in [3.05, 3.63) is 70.9 Å². The maximum Gasteiger partial charge on any atom is 0.150 e. The summed E-state index contributed by atoms with van der Waals surface area (Å²) in [6.45, 7) is 13.0. The fourth-order valence-corrected chi connectivity index (χ4v) is 4.29. The van der Waals surface area contributed by atoms with Crippen molar-refractivity contribution >= 4 is 23.5 Å². The number of nitrogens with one attached hydrogen (secondary N) is 1. The number of hydrogen-bond acceptors (Lipinski definition) is 6. The molecule has 2 heterocycles. The SMILES string of the molecule is CN1CCN(c2ccc(C=O)cc2)CC1.CNc1cc(CCc2cc(N)ccc2C)nn1C(C)(C)C. The summed E-state index contributed by atoms with van der Waals surface area (Å²) in [6, 6.07) is 16.0. The standard InChI is InChI=1S/C17H26N4.C12H16N2O/c1-12-6-8-14(18)10-13(12)7-9-15-11-16(19-5)21(20-15)17(2,3)4;1-13-6-8-14(9-7-13)12-4-2-11(10-15)3-5-12/h6,8,10-11,19H,7,9,18H2,1-5H3;2-5,10H,6-9H2,1H3. The molecule has 0 unspecified atom stereocenters. The zero-order valence-electron chi connectivity index (χ0n) is 22.7. The molecule has 1 saturated heterocycles. The summed E-state index contributed by atoms with van der Waals surface area (Å²) in [6.07, 6.45) is 2.76. The van der Waals surface area contributed by atoms with Crippen molar-refractivity contribution in [1.29, 1.82) is 0 Å². The maximum atomic E-state index is 10.5. The van der Waals surface area contributed by atoms with E-state index in [2.05, 4.69) is 72.7 Å². The molecule has 194 valence electrons. The highest BCUT2D eigenvalue weighted by Gasteiger charge is 2.19. The number of nitrogens with zero attached hydrogens (tertiary/aromatic N) is 4. The van der Waals surface area contributed by atoms with Gasteiger partial charge >= 0.3 is 0 Å². The Hall–Kier alpha value is -3.32. The summed E-state index contributed by atoms with van der Waals surface area (Å²) in [4.78, 5) is 15.2. The summed E-state index contributed by atoms with van der Waals surface area (Å²) in [5.41, 5.74) is 12.3. The highest BCUT2D eigenvalue weighted by atomic mass is 16.1. The van der Waals surface area contributed by atoms with Crippen LogP contribution in [0.2, 0.25) is 0 Å². The van der Waals surface area contributed by atoms with Crippen molar-refractivity contribution < 1.29 is 4.79 Å². The van der Waals surface area contributed by atoms with Crippen molar-refractivity contribution in [2.45, 2.75) is 46.1 Å². The number of nitrogen functional groups attached to an aromatic ring is 1. The van der Waals surface area contributed by atoms with Gasteiger partial charge in [0.05, 0.1) is 11.2 Å². The number of aryl methyl sites for hydroxylation is 3. The average Bonchev–Trinajstić information content (AvgIpc) is 3.30. The van der Waals surface area contributed by atoms with Crippen molar-refractivity contribution in [1.82, 2.24) is 14.7 Å². The van der Waals surface area contributed by atoms with E-state index in [0.29, 0.717) is 0 Å². The molecule has 4 rings (SSSR count). The molecule has 0 bridgehead atoms. The van der Waals surface area contributed by atoms with E-state index in [4.69, 9.17) is 10.8 Å². The summed E-state index contributed by atoms with van der Waals surface area (Å²) < 4.78 is 2.05. The zero-order valence-corrected chi connectivity index (χ0v) is 22.7. The van der Waals surface area contributed by atoms with Crippen LogP contribution in [0.3, 0.4) is 0 Å². The van der Waals surface area contributed by atoms with Crippen molar-refractivity contribution in [2.24, 2.45) is 0 Å². The molecule has 7 heteroatoms. The lowest BCUT2D eigenvalue weighted by atomic mass is 10.0. The number of aldehydes is 1. The van der Waals surface area contributed by atoms with E-state index in [1.165, 1.54) is 16.8 Å². The van der Waals surface area contributed by atoms with Gasteiger partial charge in [0.25, 0.3) is 0 Å². The van der Waals surface area contributed by atoms with Gasteiger partial charge in [0.1, 0.15) is 12.1 Å². The highest BCUT2D eigenvalue weighted by molar-refractivity contribution is 5.75. The lowest BCUT2D eigenvalue weighted by molar-refractivity contribution is 0.112. The van der Waals surface area contributed by atoms with Crippen LogP contribution < -0.4 is 16.0 Å². The van der Waals surface area contributed by atoms with Crippen LogP contribution in [0.15, 0.2) is 48.5 Å². The molecular formula is C29H42N6O. The van der Waals surface area contributed by atoms with Gasteiger partial charge < -0.3 is 20.9 Å². The van der Waals surface area contributed by atoms with Crippen LogP contribution in [-0.4, -0.2) is 61.2 Å². The second-order valence-corrected chi connectivity index (χ2v) is 10.5. The Balaban J connectivity index is 0.000000212. The average molecular weight is 491 g/mol. The second kappa shape index (κ2) is 12.1. The third kappa shape index (κ3) is 7.34. The molecule has 1 aromatic heterocycles.